The highest BCUT2D eigenvalue weighted by Crippen LogP contribution is 2.40. The molecule has 24 heavy (non-hydrogen) atoms. The van der Waals surface area contributed by atoms with E-state index in [0.29, 0.717) is 0 Å². The van der Waals surface area contributed by atoms with E-state index in [2.05, 4.69) is 40.5 Å². The number of fused-ring (bicyclic) bond motifs is 1. The summed E-state index contributed by atoms with van der Waals surface area (Å²) in [7, 11) is 0. The van der Waals surface area contributed by atoms with Gasteiger partial charge in [-0.1, -0.05) is 75.3 Å². The van der Waals surface area contributed by atoms with Crippen molar-refractivity contribution in [2.75, 3.05) is 13.1 Å². The van der Waals surface area contributed by atoms with Gasteiger partial charge >= 0.3 is 0 Å². The van der Waals surface area contributed by atoms with Crippen LogP contribution in [0.3, 0.4) is 0 Å². The molecule has 2 aliphatic carbocycles. The number of nitrogens with zero attached hydrogens (tertiary/aromatic N) is 1. The standard InChI is InChI=1S/C22H34N2/c1-2-7-12-19(11-6-1)20-13-8-14-21-22(20)23-15-16-24(21)17-18-9-4-3-5-10-18/h3-5,9-10,19-23H,1-2,6-8,11-17H2. The van der Waals surface area contributed by atoms with Gasteiger partial charge in [0.15, 0.2) is 0 Å². The zero-order chi connectivity index (χ0) is 16.2. The number of rotatable bonds is 3. The molecular formula is C22H34N2. The Morgan fingerprint density at radius 1 is 0.875 bits per heavy atom. The Hall–Kier alpha value is -0.860. The SMILES string of the molecule is c1ccc(CN2CCNC3C(C4CCCCCC4)CCCC32)cc1. The van der Waals surface area contributed by atoms with Crippen molar-refractivity contribution in [2.45, 2.75) is 76.4 Å². The van der Waals surface area contributed by atoms with Gasteiger partial charge in [-0.3, -0.25) is 4.90 Å². The van der Waals surface area contributed by atoms with Crippen LogP contribution in [0.15, 0.2) is 30.3 Å². The quantitative estimate of drug-likeness (QED) is 0.817. The summed E-state index contributed by atoms with van der Waals surface area (Å²) in [6, 6.07) is 12.6. The predicted molar refractivity (Wildman–Crippen MR) is 101 cm³/mol. The topological polar surface area (TPSA) is 15.3 Å². The fraction of sp³-hybridized carbons (Fsp3) is 0.727. The summed E-state index contributed by atoms with van der Waals surface area (Å²) < 4.78 is 0. The van der Waals surface area contributed by atoms with Gasteiger partial charge in [-0.05, 0) is 30.2 Å². The Balaban J connectivity index is 1.46. The second-order valence-corrected chi connectivity index (χ2v) is 8.35. The molecule has 1 saturated heterocycles. The van der Waals surface area contributed by atoms with Crippen molar-refractivity contribution in [3.05, 3.63) is 35.9 Å². The lowest BCUT2D eigenvalue weighted by atomic mass is 9.70. The number of piperazine rings is 1. The first-order valence-electron chi connectivity index (χ1n) is 10.4. The minimum absolute atomic E-state index is 0.749. The molecule has 2 saturated carbocycles. The molecule has 3 atom stereocenters. The summed E-state index contributed by atoms with van der Waals surface area (Å²) in [6.45, 7) is 3.53. The van der Waals surface area contributed by atoms with Gasteiger partial charge in [0.2, 0.25) is 0 Å². The second-order valence-electron chi connectivity index (χ2n) is 8.35. The Morgan fingerprint density at radius 3 is 2.46 bits per heavy atom. The van der Waals surface area contributed by atoms with Crippen LogP contribution in [0.4, 0.5) is 0 Å². The molecule has 3 fully saturated rings. The minimum atomic E-state index is 0.749. The van der Waals surface area contributed by atoms with E-state index in [9.17, 15) is 0 Å². The Morgan fingerprint density at radius 2 is 1.67 bits per heavy atom. The maximum absolute atomic E-state index is 3.96. The molecule has 1 heterocycles. The summed E-state index contributed by atoms with van der Waals surface area (Å²) in [5.41, 5.74) is 1.48. The number of hydrogen-bond donors (Lipinski definition) is 1. The van der Waals surface area contributed by atoms with E-state index in [1.165, 1.54) is 76.4 Å². The molecule has 2 nitrogen and oxygen atoms in total. The zero-order valence-electron chi connectivity index (χ0n) is 15.1. The first-order chi connectivity index (χ1) is 11.9. The van der Waals surface area contributed by atoms with Crippen LogP contribution < -0.4 is 5.32 Å². The van der Waals surface area contributed by atoms with Crippen LogP contribution in [0.2, 0.25) is 0 Å². The van der Waals surface area contributed by atoms with Gasteiger partial charge in [-0.15, -0.1) is 0 Å². The number of benzene rings is 1. The summed E-state index contributed by atoms with van der Waals surface area (Å²) >= 11 is 0. The fourth-order valence-electron chi connectivity index (χ4n) is 5.73. The molecule has 0 spiro atoms. The largest absolute Gasteiger partial charge is 0.311 e. The van der Waals surface area contributed by atoms with E-state index in [1.807, 2.05) is 0 Å². The molecule has 3 unspecified atom stereocenters. The molecule has 1 aromatic carbocycles. The van der Waals surface area contributed by atoms with Crippen molar-refractivity contribution in [3.8, 4) is 0 Å². The maximum atomic E-state index is 3.96. The maximum Gasteiger partial charge on any atom is 0.0256 e. The molecule has 1 aliphatic heterocycles. The minimum Gasteiger partial charge on any atom is -0.311 e. The van der Waals surface area contributed by atoms with Gasteiger partial charge < -0.3 is 5.32 Å². The number of nitrogens with one attached hydrogen (secondary N) is 1. The van der Waals surface area contributed by atoms with Gasteiger partial charge in [0.1, 0.15) is 0 Å². The van der Waals surface area contributed by atoms with Gasteiger partial charge in [-0.2, -0.15) is 0 Å². The van der Waals surface area contributed by atoms with Crippen molar-refractivity contribution < 1.29 is 0 Å². The third-order valence-electron chi connectivity index (χ3n) is 6.90. The van der Waals surface area contributed by atoms with E-state index in [1.54, 1.807) is 0 Å². The summed E-state index contributed by atoms with van der Waals surface area (Å²) in [5.74, 6) is 1.92. The van der Waals surface area contributed by atoms with Crippen LogP contribution in [-0.4, -0.2) is 30.1 Å². The highest BCUT2D eigenvalue weighted by atomic mass is 15.2. The van der Waals surface area contributed by atoms with Crippen molar-refractivity contribution in [1.82, 2.24) is 10.2 Å². The van der Waals surface area contributed by atoms with Gasteiger partial charge in [0.05, 0.1) is 0 Å². The summed E-state index contributed by atoms with van der Waals surface area (Å²) in [6.07, 6.45) is 13.2. The second kappa shape index (κ2) is 8.01. The van der Waals surface area contributed by atoms with E-state index < -0.39 is 0 Å². The molecule has 0 radical (unpaired) electrons. The van der Waals surface area contributed by atoms with Gasteiger partial charge in [0, 0.05) is 31.7 Å². The molecule has 0 bridgehead atoms. The fourth-order valence-corrected chi connectivity index (χ4v) is 5.73. The Bertz CT molecular complexity index is 492. The Kier molecular flexibility index (Phi) is 5.54. The highest BCUT2D eigenvalue weighted by Gasteiger charge is 2.41. The van der Waals surface area contributed by atoms with E-state index >= 15 is 0 Å². The lowest BCUT2D eigenvalue weighted by molar-refractivity contribution is 0.0282. The highest BCUT2D eigenvalue weighted by molar-refractivity contribution is 5.15. The third kappa shape index (κ3) is 3.70. The third-order valence-corrected chi connectivity index (χ3v) is 6.90. The van der Waals surface area contributed by atoms with Crippen LogP contribution in [-0.2, 0) is 6.54 Å². The molecule has 132 valence electrons. The Labute approximate surface area is 148 Å². The van der Waals surface area contributed by atoms with Crippen molar-refractivity contribution in [1.29, 1.82) is 0 Å². The van der Waals surface area contributed by atoms with Crippen molar-refractivity contribution in [3.63, 3.8) is 0 Å². The lowest BCUT2D eigenvalue weighted by Gasteiger charge is -2.50. The molecule has 4 rings (SSSR count). The summed E-state index contributed by atoms with van der Waals surface area (Å²) in [4.78, 5) is 2.79. The van der Waals surface area contributed by atoms with Crippen LogP contribution in [0.1, 0.15) is 63.4 Å². The molecule has 0 amide bonds. The van der Waals surface area contributed by atoms with E-state index in [0.717, 1.165) is 30.5 Å². The van der Waals surface area contributed by atoms with Crippen molar-refractivity contribution >= 4 is 0 Å². The van der Waals surface area contributed by atoms with Gasteiger partial charge in [0.25, 0.3) is 0 Å². The molecule has 1 aromatic rings. The van der Waals surface area contributed by atoms with E-state index in [-0.39, 0.29) is 0 Å². The van der Waals surface area contributed by atoms with Crippen LogP contribution in [0.25, 0.3) is 0 Å². The smallest absolute Gasteiger partial charge is 0.0256 e. The summed E-state index contributed by atoms with van der Waals surface area (Å²) in [5, 5.41) is 3.96. The van der Waals surface area contributed by atoms with Crippen LogP contribution in [0.5, 0.6) is 0 Å². The zero-order valence-corrected chi connectivity index (χ0v) is 15.1. The lowest BCUT2D eigenvalue weighted by Crippen LogP contribution is -2.62. The monoisotopic (exact) mass is 326 g/mol. The molecule has 2 heteroatoms. The predicted octanol–water partition coefficient (Wildman–Crippen LogP) is 4.60. The van der Waals surface area contributed by atoms with E-state index in [4.69, 9.17) is 0 Å². The molecule has 3 aliphatic rings. The average Bonchev–Trinajstić information content (AvgIpc) is 2.92. The first-order valence-corrected chi connectivity index (χ1v) is 10.4. The first kappa shape index (κ1) is 16.6. The van der Waals surface area contributed by atoms with Gasteiger partial charge in [-0.25, -0.2) is 0 Å². The molecular weight excluding hydrogens is 292 g/mol. The van der Waals surface area contributed by atoms with Crippen molar-refractivity contribution in [2.24, 2.45) is 11.8 Å². The van der Waals surface area contributed by atoms with Crippen LogP contribution >= 0.6 is 0 Å². The normalized spacial score (nSPS) is 32.9. The molecule has 1 N–H and O–H groups in total. The van der Waals surface area contributed by atoms with Crippen LogP contribution in [0, 0.1) is 11.8 Å². The average molecular weight is 327 g/mol. The number of hydrogen-bond acceptors (Lipinski definition) is 2. The molecule has 0 aromatic heterocycles.